The average molecular weight is 152 g/mol. The third-order valence-electron chi connectivity index (χ3n) is 3.93. The van der Waals surface area contributed by atoms with Crippen molar-refractivity contribution in [3.63, 3.8) is 0 Å². The highest BCUT2D eigenvalue weighted by atomic mass is 14.4. The first-order chi connectivity index (χ1) is 5.38. The number of fused-ring (bicyclic) bond motifs is 1. The Labute approximate surface area is 70.4 Å². The van der Waals surface area contributed by atoms with E-state index in [0.717, 1.165) is 17.8 Å². The van der Waals surface area contributed by atoms with Gasteiger partial charge in [-0.15, -0.1) is 0 Å². The molecule has 0 amide bonds. The Balaban J connectivity index is 1.99. The first-order valence-corrected chi connectivity index (χ1v) is 5.38. The zero-order chi connectivity index (χ0) is 7.68. The van der Waals surface area contributed by atoms with Gasteiger partial charge in [-0.1, -0.05) is 45.4 Å². The highest BCUT2D eigenvalue weighted by molar-refractivity contribution is 4.82. The van der Waals surface area contributed by atoms with Crippen LogP contribution in [-0.4, -0.2) is 0 Å². The Morgan fingerprint density at radius 2 is 1.55 bits per heavy atom. The van der Waals surface area contributed by atoms with Gasteiger partial charge in [-0.2, -0.15) is 0 Å². The zero-order valence-electron chi connectivity index (χ0n) is 7.68. The molecule has 0 radical (unpaired) electrons. The summed E-state index contributed by atoms with van der Waals surface area (Å²) in [7, 11) is 0. The van der Waals surface area contributed by atoms with Crippen LogP contribution in [0.2, 0.25) is 0 Å². The molecule has 2 fully saturated rings. The van der Waals surface area contributed by atoms with Crippen molar-refractivity contribution in [2.75, 3.05) is 0 Å². The minimum Gasteiger partial charge on any atom is -0.0622 e. The highest BCUT2D eigenvalue weighted by Crippen LogP contribution is 2.43. The molecule has 0 aromatic heterocycles. The van der Waals surface area contributed by atoms with Gasteiger partial charge in [0.2, 0.25) is 0 Å². The normalized spacial score (nSPS) is 45.0. The molecule has 3 atom stereocenters. The lowest BCUT2D eigenvalue weighted by Crippen LogP contribution is -2.29. The van der Waals surface area contributed by atoms with E-state index in [-0.39, 0.29) is 0 Å². The van der Waals surface area contributed by atoms with E-state index in [1.165, 1.54) is 25.7 Å². The molecule has 0 heterocycles. The van der Waals surface area contributed by atoms with E-state index < -0.39 is 0 Å². The molecule has 2 saturated carbocycles. The molecule has 64 valence electrons. The molecule has 0 aromatic rings. The second-order valence-electron chi connectivity index (χ2n) is 4.62. The second kappa shape index (κ2) is 3.16. The summed E-state index contributed by atoms with van der Waals surface area (Å²) in [6.07, 6.45) is 10.7. The van der Waals surface area contributed by atoms with Crippen LogP contribution in [-0.2, 0) is 0 Å². The van der Waals surface area contributed by atoms with E-state index >= 15 is 0 Å². The van der Waals surface area contributed by atoms with Gasteiger partial charge in [0.15, 0.2) is 0 Å². The number of hydrogen-bond donors (Lipinski definition) is 0. The van der Waals surface area contributed by atoms with E-state index in [9.17, 15) is 0 Å². The van der Waals surface area contributed by atoms with Crippen LogP contribution in [0.1, 0.15) is 51.9 Å². The van der Waals surface area contributed by atoms with Crippen molar-refractivity contribution in [1.29, 1.82) is 0 Å². The molecule has 11 heavy (non-hydrogen) atoms. The predicted molar refractivity (Wildman–Crippen MR) is 48.5 cm³/mol. The summed E-state index contributed by atoms with van der Waals surface area (Å²) in [6.45, 7) is 2.47. The number of hydrogen-bond acceptors (Lipinski definition) is 0. The predicted octanol–water partition coefficient (Wildman–Crippen LogP) is 3.61. The van der Waals surface area contributed by atoms with Gasteiger partial charge in [0, 0.05) is 0 Å². The number of rotatable bonds is 0. The Hall–Kier alpha value is 0. The van der Waals surface area contributed by atoms with E-state index in [4.69, 9.17) is 0 Å². The molecule has 2 aliphatic rings. The standard InChI is InChI=1S/C11H20/c1-9-5-4-7-10-6-2-3-8-11(9)10/h9-11H,2-8H2,1H3/t9-,10?,11?/m1/s1. The minimum atomic E-state index is 1.05. The van der Waals surface area contributed by atoms with Crippen LogP contribution in [0.5, 0.6) is 0 Å². The molecular formula is C11H20. The average Bonchev–Trinajstić information content (AvgIpc) is 2.06. The maximum absolute atomic E-state index is 2.47. The summed E-state index contributed by atoms with van der Waals surface area (Å²) in [5.41, 5.74) is 0. The fraction of sp³-hybridized carbons (Fsp3) is 1.00. The van der Waals surface area contributed by atoms with Crippen LogP contribution < -0.4 is 0 Å². The summed E-state index contributed by atoms with van der Waals surface area (Å²) in [5, 5.41) is 0. The Morgan fingerprint density at radius 3 is 2.36 bits per heavy atom. The quantitative estimate of drug-likeness (QED) is 0.497. The molecule has 0 nitrogen and oxygen atoms in total. The van der Waals surface area contributed by atoms with Crippen molar-refractivity contribution in [3.05, 3.63) is 0 Å². The first-order valence-electron chi connectivity index (χ1n) is 5.38. The monoisotopic (exact) mass is 152 g/mol. The summed E-state index contributed by atoms with van der Waals surface area (Å²) in [5.74, 6) is 3.30. The molecule has 2 unspecified atom stereocenters. The maximum atomic E-state index is 2.47. The lowest BCUT2D eigenvalue weighted by atomic mass is 9.66. The van der Waals surface area contributed by atoms with Gasteiger partial charge in [0.05, 0.1) is 0 Å². The first kappa shape index (κ1) is 7.64. The molecule has 0 aliphatic heterocycles. The molecule has 2 aliphatic carbocycles. The minimum absolute atomic E-state index is 1.05. The highest BCUT2D eigenvalue weighted by Gasteiger charge is 2.31. The van der Waals surface area contributed by atoms with E-state index in [1.54, 1.807) is 19.3 Å². The van der Waals surface area contributed by atoms with Crippen molar-refractivity contribution in [2.45, 2.75) is 51.9 Å². The summed E-state index contributed by atoms with van der Waals surface area (Å²) < 4.78 is 0. The van der Waals surface area contributed by atoms with Gasteiger partial charge in [-0.3, -0.25) is 0 Å². The van der Waals surface area contributed by atoms with Crippen LogP contribution in [0.4, 0.5) is 0 Å². The SMILES string of the molecule is C[C@@H]1CCCC2CCCCC21. The van der Waals surface area contributed by atoms with Crippen LogP contribution in [0.15, 0.2) is 0 Å². The molecule has 0 spiro atoms. The molecule has 0 N–H and O–H groups in total. The van der Waals surface area contributed by atoms with Crippen molar-refractivity contribution < 1.29 is 0 Å². The van der Waals surface area contributed by atoms with Crippen molar-refractivity contribution >= 4 is 0 Å². The maximum Gasteiger partial charge on any atom is -0.0360 e. The van der Waals surface area contributed by atoms with Crippen LogP contribution >= 0.6 is 0 Å². The lowest BCUT2D eigenvalue weighted by molar-refractivity contribution is 0.114. The molecular weight excluding hydrogens is 132 g/mol. The molecule has 0 aromatic carbocycles. The van der Waals surface area contributed by atoms with Crippen LogP contribution in [0.25, 0.3) is 0 Å². The van der Waals surface area contributed by atoms with Gasteiger partial charge in [-0.05, 0) is 24.2 Å². The molecule has 0 heteroatoms. The van der Waals surface area contributed by atoms with E-state index in [2.05, 4.69) is 6.92 Å². The van der Waals surface area contributed by atoms with E-state index in [0.29, 0.717) is 0 Å². The fourth-order valence-corrected chi connectivity index (χ4v) is 3.26. The van der Waals surface area contributed by atoms with Crippen LogP contribution in [0, 0.1) is 17.8 Å². The van der Waals surface area contributed by atoms with Crippen molar-refractivity contribution in [2.24, 2.45) is 17.8 Å². The van der Waals surface area contributed by atoms with E-state index in [1.807, 2.05) is 0 Å². The third kappa shape index (κ3) is 1.45. The van der Waals surface area contributed by atoms with Crippen LogP contribution in [0.3, 0.4) is 0 Å². The summed E-state index contributed by atoms with van der Waals surface area (Å²) >= 11 is 0. The Bertz CT molecular complexity index is 126. The molecule has 2 rings (SSSR count). The fourth-order valence-electron chi connectivity index (χ4n) is 3.26. The second-order valence-corrected chi connectivity index (χ2v) is 4.62. The smallest absolute Gasteiger partial charge is 0.0360 e. The Morgan fingerprint density at radius 1 is 0.818 bits per heavy atom. The third-order valence-corrected chi connectivity index (χ3v) is 3.93. The van der Waals surface area contributed by atoms with Crippen molar-refractivity contribution in [3.8, 4) is 0 Å². The molecule has 0 saturated heterocycles. The van der Waals surface area contributed by atoms with Gasteiger partial charge in [0.25, 0.3) is 0 Å². The summed E-state index contributed by atoms with van der Waals surface area (Å²) in [6, 6.07) is 0. The van der Waals surface area contributed by atoms with Gasteiger partial charge in [-0.25, -0.2) is 0 Å². The van der Waals surface area contributed by atoms with Crippen molar-refractivity contribution in [1.82, 2.24) is 0 Å². The topological polar surface area (TPSA) is 0 Å². The van der Waals surface area contributed by atoms with Gasteiger partial charge in [0.1, 0.15) is 0 Å². The lowest BCUT2D eigenvalue weighted by Gasteiger charge is -2.39. The van der Waals surface area contributed by atoms with Gasteiger partial charge < -0.3 is 0 Å². The Kier molecular flexibility index (Phi) is 2.20. The largest absolute Gasteiger partial charge is 0.0622 e. The molecule has 0 bridgehead atoms. The summed E-state index contributed by atoms with van der Waals surface area (Å²) in [4.78, 5) is 0. The zero-order valence-corrected chi connectivity index (χ0v) is 7.68. The van der Waals surface area contributed by atoms with Gasteiger partial charge >= 0.3 is 0 Å².